The second-order valence-corrected chi connectivity index (χ2v) is 5.34. The van der Waals surface area contributed by atoms with E-state index in [-0.39, 0.29) is 6.42 Å². The quantitative estimate of drug-likeness (QED) is 0.615. The van der Waals surface area contributed by atoms with Crippen LogP contribution in [0, 0.1) is 10.8 Å². The number of carboxylic acids is 2. The van der Waals surface area contributed by atoms with Gasteiger partial charge >= 0.3 is 11.9 Å². The molecule has 2 unspecified atom stereocenters. The van der Waals surface area contributed by atoms with Crippen LogP contribution in [0.3, 0.4) is 0 Å². The van der Waals surface area contributed by atoms with Gasteiger partial charge in [0.05, 0.1) is 10.8 Å². The van der Waals surface area contributed by atoms with E-state index in [0.717, 1.165) is 0 Å². The molecular formula is C11H15BrO4. The van der Waals surface area contributed by atoms with E-state index in [1.165, 1.54) is 0 Å². The molecule has 0 saturated carbocycles. The van der Waals surface area contributed by atoms with Crippen molar-refractivity contribution in [2.75, 3.05) is 5.33 Å². The Labute approximate surface area is 102 Å². The molecule has 0 aromatic heterocycles. The number of carboxylic acid groups (broad SMARTS) is 2. The predicted molar refractivity (Wildman–Crippen MR) is 62.6 cm³/mol. The number of halogens is 1. The monoisotopic (exact) mass is 290 g/mol. The first kappa shape index (κ1) is 13.2. The highest BCUT2D eigenvalue weighted by molar-refractivity contribution is 9.09. The Balaban J connectivity index is 3.05. The van der Waals surface area contributed by atoms with Crippen molar-refractivity contribution in [1.29, 1.82) is 0 Å². The largest absolute Gasteiger partial charge is 0.481 e. The van der Waals surface area contributed by atoms with Gasteiger partial charge in [0.15, 0.2) is 0 Å². The number of alkyl halides is 1. The highest BCUT2D eigenvalue weighted by Gasteiger charge is 2.47. The second kappa shape index (κ2) is 4.57. The molecule has 5 heteroatoms. The van der Waals surface area contributed by atoms with Crippen LogP contribution in [0.2, 0.25) is 0 Å². The smallest absolute Gasteiger partial charge is 0.313 e. The molecule has 0 aliphatic heterocycles. The fraction of sp³-hybridized carbons (Fsp3) is 0.636. The molecule has 0 heterocycles. The van der Waals surface area contributed by atoms with Crippen molar-refractivity contribution >= 4 is 27.9 Å². The predicted octanol–water partition coefficient (Wildman–Crippen LogP) is 2.28. The zero-order valence-electron chi connectivity index (χ0n) is 9.07. The van der Waals surface area contributed by atoms with Gasteiger partial charge in [-0.15, -0.1) is 0 Å². The minimum Gasteiger partial charge on any atom is -0.481 e. The first-order chi connectivity index (χ1) is 7.36. The summed E-state index contributed by atoms with van der Waals surface area (Å²) >= 11 is 3.22. The summed E-state index contributed by atoms with van der Waals surface area (Å²) in [4.78, 5) is 22.5. The van der Waals surface area contributed by atoms with Crippen molar-refractivity contribution in [3.8, 4) is 0 Å². The van der Waals surface area contributed by atoms with Gasteiger partial charge in [-0.25, -0.2) is 0 Å². The van der Waals surface area contributed by atoms with Crippen molar-refractivity contribution in [2.24, 2.45) is 10.8 Å². The van der Waals surface area contributed by atoms with Crippen molar-refractivity contribution in [1.82, 2.24) is 0 Å². The maximum Gasteiger partial charge on any atom is 0.313 e. The van der Waals surface area contributed by atoms with Crippen molar-refractivity contribution in [3.05, 3.63) is 12.2 Å². The lowest BCUT2D eigenvalue weighted by atomic mass is 9.65. The van der Waals surface area contributed by atoms with E-state index in [1.807, 2.05) is 0 Å². The van der Waals surface area contributed by atoms with E-state index in [0.29, 0.717) is 18.2 Å². The molecule has 4 nitrogen and oxygen atoms in total. The van der Waals surface area contributed by atoms with E-state index in [1.54, 1.807) is 19.1 Å². The Morgan fingerprint density at radius 1 is 1.38 bits per heavy atom. The standard InChI is InChI=1S/C11H15BrO4/c1-10(8(13)14)3-2-4-11(7-10,5-6-12)9(15)16/h2,4H,3,5-7H2,1H3,(H,13,14)(H,15,16). The van der Waals surface area contributed by atoms with Crippen LogP contribution in [-0.4, -0.2) is 27.5 Å². The van der Waals surface area contributed by atoms with Gasteiger partial charge in [0.25, 0.3) is 0 Å². The number of carbonyl (C=O) groups is 2. The van der Waals surface area contributed by atoms with E-state index < -0.39 is 22.8 Å². The Morgan fingerprint density at radius 2 is 2.00 bits per heavy atom. The maximum absolute atomic E-state index is 11.3. The summed E-state index contributed by atoms with van der Waals surface area (Å²) in [6, 6.07) is 0. The number of allylic oxidation sites excluding steroid dienone is 1. The molecule has 0 spiro atoms. The first-order valence-corrected chi connectivity index (χ1v) is 6.19. The molecule has 0 aromatic rings. The SMILES string of the molecule is CC1(C(=O)O)CC=CC(CCBr)(C(=O)O)C1. The van der Waals surface area contributed by atoms with E-state index in [9.17, 15) is 14.7 Å². The number of aliphatic carboxylic acids is 2. The molecule has 1 aliphatic carbocycles. The minimum absolute atomic E-state index is 0.146. The summed E-state index contributed by atoms with van der Waals surface area (Å²) in [5.74, 6) is -1.88. The van der Waals surface area contributed by atoms with E-state index >= 15 is 0 Å². The summed E-state index contributed by atoms with van der Waals surface area (Å²) in [6.45, 7) is 1.60. The van der Waals surface area contributed by atoms with Crippen LogP contribution in [0.5, 0.6) is 0 Å². The summed E-state index contributed by atoms with van der Waals surface area (Å²) in [5.41, 5.74) is -2.02. The minimum atomic E-state index is -1.05. The van der Waals surface area contributed by atoms with Crippen LogP contribution < -0.4 is 0 Å². The normalized spacial score (nSPS) is 33.6. The van der Waals surface area contributed by atoms with Gasteiger partial charge in [-0.05, 0) is 26.2 Å². The van der Waals surface area contributed by atoms with Crippen LogP contribution in [-0.2, 0) is 9.59 Å². The van der Waals surface area contributed by atoms with Crippen molar-refractivity contribution < 1.29 is 19.8 Å². The molecule has 2 N–H and O–H groups in total. The van der Waals surface area contributed by atoms with Gasteiger partial charge in [0, 0.05) is 5.33 Å². The van der Waals surface area contributed by atoms with Gasteiger partial charge in [-0.3, -0.25) is 9.59 Å². The van der Waals surface area contributed by atoms with Gasteiger partial charge in [-0.2, -0.15) is 0 Å². The third kappa shape index (κ3) is 2.29. The molecule has 0 fully saturated rings. The third-order valence-corrected chi connectivity index (χ3v) is 3.59. The fourth-order valence-corrected chi connectivity index (χ4v) is 2.84. The first-order valence-electron chi connectivity index (χ1n) is 5.07. The van der Waals surface area contributed by atoms with Gasteiger partial charge in [0.2, 0.25) is 0 Å². The lowest BCUT2D eigenvalue weighted by Crippen LogP contribution is -2.41. The maximum atomic E-state index is 11.3. The molecule has 90 valence electrons. The van der Waals surface area contributed by atoms with Crippen LogP contribution in [0.1, 0.15) is 26.2 Å². The van der Waals surface area contributed by atoms with Gasteiger partial charge in [0.1, 0.15) is 0 Å². The molecule has 2 atom stereocenters. The number of hydrogen-bond donors (Lipinski definition) is 2. The third-order valence-electron chi connectivity index (χ3n) is 3.19. The molecule has 0 aromatic carbocycles. The van der Waals surface area contributed by atoms with E-state index in [2.05, 4.69) is 15.9 Å². The molecule has 0 radical (unpaired) electrons. The number of hydrogen-bond acceptors (Lipinski definition) is 2. The lowest BCUT2D eigenvalue weighted by Gasteiger charge is -2.37. The van der Waals surface area contributed by atoms with Crippen LogP contribution in [0.4, 0.5) is 0 Å². The molecule has 16 heavy (non-hydrogen) atoms. The topological polar surface area (TPSA) is 74.6 Å². The fourth-order valence-electron chi connectivity index (χ4n) is 2.13. The Morgan fingerprint density at radius 3 is 2.44 bits per heavy atom. The molecule has 0 amide bonds. The van der Waals surface area contributed by atoms with Gasteiger partial charge in [-0.1, -0.05) is 28.1 Å². The average Bonchev–Trinajstić information content (AvgIpc) is 2.17. The summed E-state index contributed by atoms with van der Waals surface area (Å²) in [5, 5.41) is 19.0. The Hall–Kier alpha value is -0.840. The second-order valence-electron chi connectivity index (χ2n) is 4.55. The Kier molecular flexibility index (Phi) is 3.78. The zero-order valence-corrected chi connectivity index (χ0v) is 10.7. The summed E-state index contributed by atoms with van der Waals surface area (Å²) < 4.78 is 0. The van der Waals surface area contributed by atoms with Crippen LogP contribution in [0.25, 0.3) is 0 Å². The van der Waals surface area contributed by atoms with Crippen molar-refractivity contribution in [2.45, 2.75) is 26.2 Å². The van der Waals surface area contributed by atoms with Crippen LogP contribution >= 0.6 is 15.9 Å². The molecule has 1 aliphatic rings. The highest BCUT2D eigenvalue weighted by Crippen LogP contribution is 2.45. The van der Waals surface area contributed by atoms with Crippen LogP contribution in [0.15, 0.2) is 12.2 Å². The number of rotatable bonds is 4. The molecule has 0 bridgehead atoms. The Bertz CT molecular complexity index is 339. The highest BCUT2D eigenvalue weighted by atomic mass is 79.9. The van der Waals surface area contributed by atoms with Gasteiger partial charge < -0.3 is 10.2 Å². The van der Waals surface area contributed by atoms with E-state index in [4.69, 9.17) is 5.11 Å². The molecule has 0 saturated heterocycles. The summed E-state index contributed by atoms with van der Waals surface area (Å²) in [6.07, 6.45) is 4.25. The average molecular weight is 291 g/mol. The molecular weight excluding hydrogens is 276 g/mol. The molecule has 1 rings (SSSR count). The van der Waals surface area contributed by atoms with Crippen molar-refractivity contribution in [3.63, 3.8) is 0 Å². The lowest BCUT2D eigenvalue weighted by molar-refractivity contribution is -0.155. The zero-order chi connectivity index (χ0) is 12.4. The summed E-state index contributed by atoms with van der Waals surface area (Å²) in [7, 11) is 0.